The summed E-state index contributed by atoms with van der Waals surface area (Å²) < 4.78 is 48.3. The van der Waals surface area contributed by atoms with Crippen LogP contribution in [0.1, 0.15) is 11.3 Å². The van der Waals surface area contributed by atoms with Gasteiger partial charge in [0, 0.05) is 43.8 Å². The molecule has 0 bridgehead atoms. The van der Waals surface area contributed by atoms with Gasteiger partial charge in [0.2, 0.25) is 0 Å². The molecule has 0 unspecified atom stereocenters. The molecule has 1 fully saturated rings. The first kappa shape index (κ1) is 19.6. The number of rotatable bonds is 4. The van der Waals surface area contributed by atoms with E-state index in [0.29, 0.717) is 16.7 Å². The zero-order valence-corrected chi connectivity index (χ0v) is 16.5. The van der Waals surface area contributed by atoms with E-state index in [1.165, 1.54) is 10.6 Å². The maximum Gasteiger partial charge on any atom is 0.431 e. The number of benzene rings is 2. The number of ether oxygens (including phenoxy) is 1. The van der Waals surface area contributed by atoms with Crippen LogP contribution in [0, 0.1) is 0 Å². The molecule has 0 atom stereocenters. The van der Waals surface area contributed by atoms with E-state index in [0.717, 1.165) is 37.4 Å². The first-order chi connectivity index (χ1) is 13.9. The van der Waals surface area contributed by atoms with Crippen molar-refractivity contribution in [3.63, 3.8) is 0 Å². The van der Waals surface area contributed by atoms with E-state index in [1.807, 2.05) is 18.2 Å². The van der Waals surface area contributed by atoms with Crippen LogP contribution in [0.5, 0.6) is 5.75 Å². The number of hydrogen-bond donors (Lipinski definition) is 0. The van der Waals surface area contributed by atoms with Gasteiger partial charge in [-0.1, -0.05) is 18.2 Å². The highest BCUT2D eigenvalue weighted by molar-refractivity contribution is 5.94. The molecule has 0 aliphatic carbocycles. The number of alkyl halides is 3. The topological polar surface area (TPSA) is 20.6 Å². The highest BCUT2D eigenvalue weighted by atomic mass is 19.4. The van der Waals surface area contributed by atoms with Crippen LogP contribution < -0.4 is 9.64 Å². The van der Waals surface area contributed by atoms with Gasteiger partial charge in [-0.2, -0.15) is 13.2 Å². The Kier molecular flexibility index (Phi) is 5.17. The lowest BCUT2D eigenvalue weighted by molar-refractivity contribution is -0.143. The number of piperazine rings is 1. The predicted octanol–water partition coefficient (Wildman–Crippen LogP) is 4.47. The predicted molar refractivity (Wildman–Crippen MR) is 109 cm³/mol. The van der Waals surface area contributed by atoms with E-state index in [4.69, 9.17) is 4.74 Å². The van der Waals surface area contributed by atoms with Gasteiger partial charge >= 0.3 is 6.18 Å². The second kappa shape index (κ2) is 7.63. The van der Waals surface area contributed by atoms with Crippen LogP contribution in [0.4, 0.5) is 18.9 Å². The molecule has 2 heterocycles. The van der Waals surface area contributed by atoms with Crippen molar-refractivity contribution in [3.8, 4) is 5.75 Å². The molecular weight excluding hydrogens is 379 g/mol. The van der Waals surface area contributed by atoms with Gasteiger partial charge in [-0.05, 0) is 42.9 Å². The highest BCUT2D eigenvalue weighted by Crippen LogP contribution is 2.38. The highest BCUT2D eigenvalue weighted by Gasteiger charge is 2.36. The Bertz CT molecular complexity index is 1000. The maximum absolute atomic E-state index is 13.9. The van der Waals surface area contributed by atoms with Gasteiger partial charge in [0.05, 0.1) is 12.6 Å². The maximum atomic E-state index is 13.9. The lowest BCUT2D eigenvalue weighted by Gasteiger charge is -2.34. The van der Waals surface area contributed by atoms with Crippen molar-refractivity contribution in [3.05, 3.63) is 59.8 Å². The average Bonchev–Trinajstić information content (AvgIpc) is 3.08. The lowest BCUT2D eigenvalue weighted by atomic mass is 10.1. The molecule has 0 saturated carbocycles. The molecule has 4 rings (SSSR count). The summed E-state index contributed by atoms with van der Waals surface area (Å²) in [7, 11) is 3.61. The summed E-state index contributed by atoms with van der Waals surface area (Å²) in [5.74, 6) is 0.630. The van der Waals surface area contributed by atoms with Gasteiger partial charge in [0.25, 0.3) is 0 Å². The molecule has 0 amide bonds. The van der Waals surface area contributed by atoms with Crippen molar-refractivity contribution in [2.24, 2.45) is 0 Å². The van der Waals surface area contributed by atoms with Crippen LogP contribution in [0.2, 0.25) is 0 Å². The summed E-state index contributed by atoms with van der Waals surface area (Å²) >= 11 is 0. The molecule has 3 aromatic rings. The fourth-order valence-corrected chi connectivity index (χ4v) is 3.95. The summed E-state index contributed by atoms with van der Waals surface area (Å²) in [4.78, 5) is 4.41. The number of nitrogens with zero attached hydrogens (tertiary/aromatic N) is 3. The number of hydrogen-bond acceptors (Lipinski definition) is 3. The third-order valence-electron chi connectivity index (χ3n) is 5.53. The summed E-state index contributed by atoms with van der Waals surface area (Å²) in [5.41, 5.74) is 1.59. The van der Waals surface area contributed by atoms with E-state index in [9.17, 15) is 13.2 Å². The Labute approximate surface area is 168 Å². The van der Waals surface area contributed by atoms with E-state index >= 15 is 0 Å². The molecule has 0 spiro atoms. The molecule has 154 valence electrons. The van der Waals surface area contributed by atoms with Crippen LogP contribution in [0.15, 0.2) is 48.5 Å². The van der Waals surface area contributed by atoms with Gasteiger partial charge in [0.1, 0.15) is 11.4 Å². The first-order valence-corrected chi connectivity index (χ1v) is 9.62. The van der Waals surface area contributed by atoms with Gasteiger partial charge in [-0.15, -0.1) is 0 Å². The van der Waals surface area contributed by atoms with Crippen molar-refractivity contribution in [1.82, 2.24) is 9.47 Å². The van der Waals surface area contributed by atoms with E-state index < -0.39 is 11.9 Å². The third-order valence-corrected chi connectivity index (χ3v) is 5.53. The Morgan fingerprint density at radius 2 is 1.69 bits per heavy atom. The molecule has 1 aliphatic rings. The lowest BCUT2D eigenvalue weighted by Crippen LogP contribution is -2.44. The summed E-state index contributed by atoms with van der Waals surface area (Å²) in [6.07, 6.45) is -4.43. The molecular formula is C22H24F3N3O. The van der Waals surface area contributed by atoms with E-state index in [1.54, 1.807) is 31.4 Å². The minimum absolute atomic E-state index is 0.127. The molecule has 29 heavy (non-hydrogen) atoms. The zero-order chi connectivity index (χ0) is 20.6. The van der Waals surface area contributed by atoms with Crippen LogP contribution >= 0.6 is 0 Å². The molecule has 1 aliphatic heterocycles. The van der Waals surface area contributed by atoms with Gasteiger partial charge in [0.15, 0.2) is 0 Å². The molecule has 0 radical (unpaired) electrons. The van der Waals surface area contributed by atoms with Crippen molar-refractivity contribution in [2.75, 3.05) is 45.2 Å². The molecule has 1 saturated heterocycles. The third kappa shape index (κ3) is 3.92. The van der Waals surface area contributed by atoms with Gasteiger partial charge < -0.3 is 19.1 Å². The fourth-order valence-electron chi connectivity index (χ4n) is 3.95. The number of anilines is 1. The van der Waals surface area contributed by atoms with Crippen molar-refractivity contribution >= 4 is 16.6 Å². The van der Waals surface area contributed by atoms with Crippen LogP contribution in [0.25, 0.3) is 10.9 Å². The van der Waals surface area contributed by atoms with Crippen molar-refractivity contribution in [2.45, 2.75) is 12.7 Å². The van der Waals surface area contributed by atoms with Crippen molar-refractivity contribution in [1.29, 1.82) is 0 Å². The smallest absolute Gasteiger partial charge is 0.431 e. The van der Waals surface area contributed by atoms with Crippen LogP contribution in [-0.2, 0) is 12.7 Å². The van der Waals surface area contributed by atoms with Crippen LogP contribution in [0.3, 0.4) is 0 Å². The second-order valence-corrected chi connectivity index (χ2v) is 7.47. The summed E-state index contributed by atoms with van der Waals surface area (Å²) in [5, 5.41) is 0.646. The number of fused-ring (bicyclic) bond motifs is 1. The first-order valence-electron chi connectivity index (χ1n) is 9.62. The fraction of sp³-hybridized carbons (Fsp3) is 0.364. The Hall–Kier alpha value is -2.67. The number of likely N-dealkylation sites (N-methyl/N-ethyl adjacent to an activating group) is 1. The standard InChI is InChI=1S/C22H24F3N3O/c1-26-9-11-27(12-10-26)19-7-4-8-20-18(19)14-21(22(23,24)25)28(20)15-16-5-3-6-17(13-16)29-2/h3-8,13-14H,9-12,15H2,1-2H3. The quantitative estimate of drug-likeness (QED) is 0.641. The summed E-state index contributed by atoms with van der Waals surface area (Å²) in [6, 6.07) is 14.0. The number of aromatic nitrogens is 1. The SMILES string of the molecule is COc1cccc(Cn2c(C(F)(F)F)cc3c(N4CCN(C)CC4)cccc32)c1. The molecule has 2 aromatic carbocycles. The molecule has 0 N–H and O–H groups in total. The van der Waals surface area contributed by atoms with Gasteiger partial charge in [-0.25, -0.2) is 0 Å². The number of methoxy groups -OCH3 is 1. The minimum atomic E-state index is -4.43. The van der Waals surface area contributed by atoms with E-state index in [-0.39, 0.29) is 6.54 Å². The summed E-state index contributed by atoms with van der Waals surface area (Å²) in [6.45, 7) is 3.53. The van der Waals surface area contributed by atoms with Crippen molar-refractivity contribution < 1.29 is 17.9 Å². The average molecular weight is 403 g/mol. The molecule has 4 nitrogen and oxygen atoms in total. The normalized spacial score (nSPS) is 15.8. The largest absolute Gasteiger partial charge is 0.497 e. The van der Waals surface area contributed by atoms with Crippen LogP contribution in [-0.4, -0.2) is 49.8 Å². The Morgan fingerprint density at radius 3 is 2.38 bits per heavy atom. The Morgan fingerprint density at radius 1 is 0.966 bits per heavy atom. The monoisotopic (exact) mass is 403 g/mol. The molecule has 7 heteroatoms. The van der Waals surface area contributed by atoms with E-state index in [2.05, 4.69) is 16.8 Å². The molecule has 1 aromatic heterocycles. The second-order valence-electron chi connectivity index (χ2n) is 7.47. The zero-order valence-electron chi connectivity index (χ0n) is 16.5. The minimum Gasteiger partial charge on any atom is -0.497 e. The Balaban J connectivity index is 1.81. The van der Waals surface area contributed by atoms with Gasteiger partial charge in [-0.3, -0.25) is 0 Å². The number of halogens is 3.